The van der Waals surface area contributed by atoms with E-state index in [0.717, 1.165) is 11.3 Å². The predicted octanol–water partition coefficient (Wildman–Crippen LogP) is 2.53. The van der Waals surface area contributed by atoms with Crippen LogP contribution in [0.2, 0.25) is 0 Å². The lowest BCUT2D eigenvalue weighted by molar-refractivity contribution is 0.0847. The summed E-state index contributed by atoms with van der Waals surface area (Å²) in [7, 11) is 0. The van der Waals surface area contributed by atoms with Gasteiger partial charge in [0.2, 0.25) is 0 Å². The molecular weight excluding hydrogens is 196 g/mol. The molecule has 74 valence electrons. The van der Waals surface area contributed by atoms with E-state index >= 15 is 0 Å². The molecule has 0 aromatic heterocycles. The standard InChI is InChI=1S/C10H12N2OS/c1-7(2)12-10(13)8-5-3-4-6-9(8)11-14-12/h3-7,11H,1-2H3. The van der Waals surface area contributed by atoms with Crippen LogP contribution in [-0.2, 0) is 0 Å². The summed E-state index contributed by atoms with van der Waals surface area (Å²) in [5.74, 6) is 0.0827. The summed E-state index contributed by atoms with van der Waals surface area (Å²) in [6, 6.07) is 7.77. The number of carbonyl (C=O) groups excluding carboxylic acids is 1. The second-order valence-electron chi connectivity index (χ2n) is 3.46. The molecule has 0 saturated heterocycles. The van der Waals surface area contributed by atoms with Gasteiger partial charge in [0, 0.05) is 6.04 Å². The Morgan fingerprint density at radius 1 is 1.36 bits per heavy atom. The Labute approximate surface area is 87.8 Å². The summed E-state index contributed by atoms with van der Waals surface area (Å²) in [6.07, 6.45) is 0. The van der Waals surface area contributed by atoms with Crippen molar-refractivity contribution < 1.29 is 4.79 Å². The smallest absolute Gasteiger partial charge is 0.267 e. The Morgan fingerprint density at radius 3 is 2.79 bits per heavy atom. The maximum absolute atomic E-state index is 11.9. The minimum atomic E-state index is 0.0827. The molecule has 0 radical (unpaired) electrons. The van der Waals surface area contributed by atoms with Gasteiger partial charge in [-0.2, -0.15) is 0 Å². The van der Waals surface area contributed by atoms with Crippen LogP contribution < -0.4 is 4.72 Å². The first-order valence-corrected chi connectivity index (χ1v) is 5.33. The van der Waals surface area contributed by atoms with E-state index in [2.05, 4.69) is 4.72 Å². The van der Waals surface area contributed by atoms with Crippen LogP contribution in [0.5, 0.6) is 0 Å². The molecule has 1 aliphatic rings. The number of benzene rings is 1. The van der Waals surface area contributed by atoms with E-state index in [1.54, 1.807) is 4.31 Å². The largest absolute Gasteiger partial charge is 0.311 e. The van der Waals surface area contributed by atoms with Gasteiger partial charge in [0.1, 0.15) is 0 Å². The Kier molecular flexibility index (Phi) is 2.37. The second-order valence-corrected chi connectivity index (χ2v) is 4.24. The van der Waals surface area contributed by atoms with E-state index in [0.29, 0.717) is 0 Å². The summed E-state index contributed by atoms with van der Waals surface area (Å²) < 4.78 is 4.88. The third-order valence-electron chi connectivity index (χ3n) is 2.08. The zero-order valence-electron chi connectivity index (χ0n) is 8.15. The lowest BCUT2D eigenvalue weighted by atomic mass is 10.1. The fourth-order valence-electron chi connectivity index (χ4n) is 1.36. The third-order valence-corrected chi connectivity index (χ3v) is 3.18. The monoisotopic (exact) mass is 208 g/mol. The lowest BCUT2D eigenvalue weighted by Crippen LogP contribution is -2.35. The molecule has 1 aromatic rings. The quantitative estimate of drug-likeness (QED) is 0.720. The number of hydrogen-bond acceptors (Lipinski definition) is 3. The number of nitrogens with zero attached hydrogens (tertiary/aromatic N) is 1. The Hall–Kier alpha value is -1.16. The van der Waals surface area contributed by atoms with Crippen molar-refractivity contribution in [2.75, 3.05) is 4.72 Å². The van der Waals surface area contributed by atoms with E-state index in [1.165, 1.54) is 12.1 Å². The molecule has 14 heavy (non-hydrogen) atoms. The Bertz CT molecular complexity index is 365. The molecule has 1 aromatic carbocycles. The van der Waals surface area contributed by atoms with Gasteiger partial charge >= 0.3 is 0 Å². The molecule has 1 heterocycles. The fraction of sp³-hybridized carbons (Fsp3) is 0.300. The van der Waals surface area contributed by atoms with Crippen molar-refractivity contribution in [2.45, 2.75) is 19.9 Å². The van der Waals surface area contributed by atoms with Crippen LogP contribution in [0.4, 0.5) is 5.69 Å². The van der Waals surface area contributed by atoms with Gasteiger partial charge in [-0.25, -0.2) is 0 Å². The summed E-state index contributed by atoms with van der Waals surface area (Å²) >= 11 is 1.36. The summed E-state index contributed by atoms with van der Waals surface area (Å²) in [4.78, 5) is 11.9. The topological polar surface area (TPSA) is 32.3 Å². The lowest BCUT2D eigenvalue weighted by Gasteiger charge is -2.30. The van der Waals surface area contributed by atoms with Crippen molar-refractivity contribution >= 4 is 23.7 Å². The van der Waals surface area contributed by atoms with Crippen LogP contribution in [0.1, 0.15) is 24.2 Å². The molecule has 1 amide bonds. The van der Waals surface area contributed by atoms with Gasteiger partial charge < -0.3 is 4.72 Å². The number of hydrogen-bond donors (Lipinski definition) is 1. The highest BCUT2D eigenvalue weighted by molar-refractivity contribution is 7.99. The van der Waals surface area contributed by atoms with Gasteiger partial charge in [-0.3, -0.25) is 9.10 Å². The van der Waals surface area contributed by atoms with Crippen LogP contribution in [0.15, 0.2) is 24.3 Å². The third kappa shape index (κ3) is 1.46. The zero-order chi connectivity index (χ0) is 10.1. The first-order valence-electron chi connectivity index (χ1n) is 4.55. The molecule has 0 spiro atoms. The molecule has 0 bridgehead atoms. The molecule has 0 fully saturated rings. The highest BCUT2D eigenvalue weighted by Gasteiger charge is 2.26. The number of rotatable bonds is 1. The van der Waals surface area contributed by atoms with Crippen LogP contribution in [-0.4, -0.2) is 16.3 Å². The van der Waals surface area contributed by atoms with Crippen molar-refractivity contribution in [1.29, 1.82) is 0 Å². The van der Waals surface area contributed by atoms with Crippen molar-refractivity contribution in [1.82, 2.24) is 4.31 Å². The molecule has 1 N–H and O–H groups in total. The van der Waals surface area contributed by atoms with E-state index in [4.69, 9.17) is 0 Å². The van der Waals surface area contributed by atoms with Crippen LogP contribution in [0.25, 0.3) is 0 Å². The average molecular weight is 208 g/mol. The van der Waals surface area contributed by atoms with Gasteiger partial charge in [-0.05, 0) is 26.0 Å². The van der Waals surface area contributed by atoms with Crippen molar-refractivity contribution in [3.63, 3.8) is 0 Å². The van der Waals surface area contributed by atoms with E-state index in [9.17, 15) is 4.79 Å². The fourth-order valence-corrected chi connectivity index (χ4v) is 2.12. The number of carbonyl (C=O) groups is 1. The molecule has 2 rings (SSSR count). The summed E-state index contributed by atoms with van der Waals surface area (Å²) in [5.41, 5.74) is 1.65. The first kappa shape index (κ1) is 9.40. The van der Waals surface area contributed by atoms with Gasteiger partial charge in [0.15, 0.2) is 0 Å². The highest BCUT2D eigenvalue weighted by Crippen LogP contribution is 2.30. The van der Waals surface area contributed by atoms with Crippen LogP contribution >= 0.6 is 12.1 Å². The molecule has 3 nitrogen and oxygen atoms in total. The number of nitrogens with one attached hydrogen (secondary N) is 1. The minimum absolute atomic E-state index is 0.0827. The molecule has 0 aliphatic carbocycles. The van der Waals surface area contributed by atoms with Crippen LogP contribution in [0.3, 0.4) is 0 Å². The van der Waals surface area contributed by atoms with E-state index in [-0.39, 0.29) is 11.9 Å². The Morgan fingerprint density at radius 2 is 2.07 bits per heavy atom. The number of amides is 1. The number of para-hydroxylation sites is 1. The van der Waals surface area contributed by atoms with E-state index < -0.39 is 0 Å². The predicted molar refractivity (Wildman–Crippen MR) is 59.0 cm³/mol. The maximum atomic E-state index is 11.9. The number of anilines is 1. The number of fused-ring (bicyclic) bond motifs is 1. The van der Waals surface area contributed by atoms with Crippen molar-refractivity contribution in [2.24, 2.45) is 0 Å². The Balaban J connectivity index is 2.37. The van der Waals surface area contributed by atoms with Gasteiger partial charge in [-0.1, -0.05) is 12.1 Å². The average Bonchev–Trinajstić information content (AvgIpc) is 2.18. The zero-order valence-corrected chi connectivity index (χ0v) is 8.97. The van der Waals surface area contributed by atoms with E-state index in [1.807, 2.05) is 38.1 Å². The maximum Gasteiger partial charge on any atom is 0.267 e. The molecular formula is C10H12N2OS. The van der Waals surface area contributed by atoms with Gasteiger partial charge in [0.05, 0.1) is 23.4 Å². The van der Waals surface area contributed by atoms with Crippen LogP contribution in [0, 0.1) is 0 Å². The molecule has 0 unspecified atom stereocenters. The molecule has 1 aliphatic heterocycles. The minimum Gasteiger partial charge on any atom is -0.311 e. The molecule has 0 atom stereocenters. The highest BCUT2D eigenvalue weighted by atomic mass is 32.2. The molecule has 0 saturated carbocycles. The van der Waals surface area contributed by atoms with Crippen molar-refractivity contribution in [3.05, 3.63) is 29.8 Å². The van der Waals surface area contributed by atoms with Gasteiger partial charge in [-0.15, -0.1) is 0 Å². The summed E-state index contributed by atoms with van der Waals surface area (Å²) in [5, 5.41) is 0. The van der Waals surface area contributed by atoms with Crippen molar-refractivity contribution in [3.8, 4) is 0 Å². The normalized spacial score (nSPS) is 15.4. The molecule has 4 heteroatoms. The van der Waals surface area contributed by atoms with Gasteiger partial charge in [0.25, 0.3) is 5.91 Å². The first-order chi connectivity index (χ1) is 6.70. The summed E-state index contributed by atoms with van der Waals surface area (Å²) in [6.45, 7) is 4.00. The SMILES string of the molecule is CC(C)N1SNc2ccccc2C1=O. The second kappa shape index (κ2) is 3.53.